The van der Waals surface area contributed by atoms with Gasteiger partial charge in [0.2, 0.25) is 0 Å². The van der Waals surface area contributed by atoms with Crippen molar-refractivity contribution in [2.75, 3.05) is 26.2 Å². The fraction of sp³-hybridized carbons (Fsp3) is 0.462. The van der Waals surface area contributed by atoms with Crippen molar-refractivity contribution in [2.45, 2.75) is 12.6 Å². The smallest absolute Gasteiger partial charge is 0.410 e. The van der Waals surface area contributed by atoms with Crippen LogP contribution in [0.5, 0.6) is 0 Å². The number of piperazine rings is 1. The molecule has 1 amide bonds. The van der Waals surface area contributed by atoms with E-state index in [0.29, 0.717) is 19.6 Å². The molecule has 1 aromatic rings. The number of aliphatic hydroxyl groups excluding tert-OH is 1. The lowest BCUT2D eigenvalue weighted by molar-refractivity contribution is 0.0781. The van der Waals surface area contributed by atoms with Crippen LogP contribution in [0.2, 0.25) is 0 Å². The van der Waals surface area contributed by atoms with Crippen LogP contribution in [-0.4, -0.2) is 48.4 Å². The van der Waals surface area contributed by atoms with Crippen LogP contribution < -0.4 is 5.32 Å². The van der Waals surface area contributed by atoms with Gasteiger partial charge in [0.15, 0.2) is 0 Å². The topological polar surface area (TPSA) is 61.8 Å². The van der Waals surface area contributed by atoms with Crippen LogP contribution in [0.25, 0.3) is 0 Å². The van der Waals surface area contributed by atoms with E-state index in [2.05, 4.69) is 5.32 Å². The molecule has 98 valence electrons. The lowest BCUT2D eigenvalue weighted by atomic mass is 10.2. The van der Waals surface area contributed by atoms with Gasteiger partial charge in [-0.2, -0.15) is 0 Å². The number of hydrogen-bond acceptors (Lipinski definition) is 4. The first-order valence-corrected chi connectivity index (χ1v) is 6.09. The van der Waals surface area contributed by atoms with Gasteiger partial charge in [0.1, 0.15) is 6.61 Å². The summed E-state index contributed by atoms with van der Waals surface area (Å²) in [6.45, 7) is 2.11. The number of carbonyl (C=O) groups excluding carboxylic acids is 1. The summed E-state index contributed by atoms with van der Waals surface area (Å²) < 4.78 is 5.24. The molecule has 1 fully saturated rings. The van der Waals surface area contributed by atoms with Crippen molar-refractivity contribution in [3.63, 3.8) is 0 Å². The number of ether oxygens (including phenoxy) is 1. The number of benzene rings is 1. The molecule has 0 aliphatic carbocycles. The summed E-state index contributed by atoms with van der Waals surface area (Å²) in [6, 6.07) is 9.53. The summed E-state index contributed by atoms with van der Waals surface area (Å²) in [5, 5.41) is 12.2. The van der Waals surface area contributed by atoms with Gasteiger partial charge in [-0.1, -0.05) is 30.3 Å². The first-order valence-electron chi connectivity index (χ1n) is 6.09. The SMILES string of the molecule is O=C(OCc1ccccc1)N1CCN[C@@H](CO)C1. The molecule has 0 spiro atoms. The van der Waals surface area contributed by atoms with E-state index in [0.717, 1.165) is 5.56 Å². The van der Waals surface area contributed by atoms with Crippen LogP contribution in [0.15, 0.2) is 30.3 Å². The van der Waals surface area contributed by atoms with Gasteiger partial charge in [-0.05, 0) is 5.56 Å². The first-order chi connectivity index (χ1) is 8.79. The second kappa shape index (κ2) is 6.37. The Morgan fingerprint density at radius 1 is 1.44 bits per heavy atom. The third kappa shape index (κ3) is 3.45. The average Bonchev–Trinajstić information content (AvgIpc) is 2.46. The molecule has 0 unspecified atom stereocenters. The van der Waals surface area contributed by atoms with Gasteiger partial charge < -0.3 is 20.1 Å². The maximum absolute atomic E-state index is 11.8. The molecule has 1 atom stereocenters. The monoisotopic (exact) mass is 250 g/mol. The molecule has 1 aliphatic heterocycles. The zero-order chi connectivity index (χ0) is 12.8. The normalized spacial score (nSPS) is 19.6. The van der Waals surface area contributed by atoms with Crippen LogP contribution in [0.1, 0.15) is 5.56 Å². The Kier molecular flexibility index (Phi) is 4.55. The molecular formula is C13H18N2O3. The van der Waals surface area contributed by atoms with Gasteiger partial charge in [0.25, 0.3) is 0 Å². The summed E-state index contributed by atoms with van der Waals surface area (Å²) in [5.74, 6) is 0. The molecule has 18 heavy (non-hydrogen) atoms. The number of aliphatic hydroxyl groups is 1. The Morgan fingerprint density at radius 3 is 2.94 bits per heavy atom. The summed E-state index contributed by atoms with van der Waals surface area (Å²) in [6.07, 6.45) is -0.321. The van der Waals surface area contributed by atoms with Gasteiger partial charge >= 0.3 is 6.09 Å². The highest BCUT2D eigenvalue weighted by atomic mass is 16.6. The summed E-state index contributed by atoms with van der Waals surface area (Å²) >= 11 is 0. The van der Waals surface area contributed by atoms with Gasteiger partial charge in [-0.3, -0.25) is 0 Å². The Hall–Kier alpha value is -1.59. The highest BCUT2D eigenvalue weighted by Crippen LogP contribution is 2.05. The van der Waals surface area contributed by atoms with E-state index in [4.69, 9.17) is 9.84 Å². The molecule has 2 rings (SSSR count). The highest BCUT2D eigenvalue weighted by molar-refractivity contribution is 5.67. The minimum absolute atomic E-state index is 0.0302. The zero-order valence-electron chi connectivity index (χ0n) is 10.2. The van der Waals surface area contributed by atoms with E-state index >= 15 is 0 Å². The van der Waals surface area contributed by atoms with E-state index in [9.17, 15) is 4.79 Å². The maximum Gasteiger partial charge on any atom is 0.410 e. The van der Waals surface area contributed by atoms with Crippen molar-refractivity contribution < 1.29 is 14.6 Å². The largest absolute Gasteiger partial charge is 0.445 e. The van der Waals surface area contributed by atoms with Crippen LogP contribution in [0.3, 0.4) is 0 Å². The Labute approximate surface area is 106 Å². The van der Waals surface area contributed by atoms with Crippen LogP contribution in [0, 0.1) is 0 Å². The molecule has 1 aliphatic rings. The summed E-state index contributed by atoms with van der Waals surface area (Å²) in [7, 11) is 0. The third-order valence-electron chi connectivity index (χ3n) is 2.94. The van der Waals surface area contributed by atoms with E-state index < -0.39 is 0 Å². The quantitative estimate of drug-likeness (QED) is 0.824. The van der Waals surface area contributed by atoms with Gasteiger partial charge in [0, 0.05) is 25.7 Å². The second-order valence-corrected chi connectivity index (χ2v) is 4.32. The van der Waals surface area contributed by atoms with Crippen molar-refractivity contribution >= 4 is 6.09 Å². The summed E-state index contributed by atoms with van der Waals surface area (Å²) in [5.41, 5.74) is 0.972. The van der Waals surface area contributed by atoms with E-state index in [1.165, 1.54) is 0 Å². The molecule has 0 aromatic heterocycles. The number of rotatable bonds is 3. The highest BCUT2D eigenvalue weighted by Gasteiger charge is 2.23. The van der Waals surface area contributed by atoms with Crippen LogP contribution in [0.4, 0.5) is 4.79 Å². The minimum Gasteiger partial charge on any atom is -0.445 e. The average molecular weight is 250 g/mol. The van der Waals surface area contributed by atoms with Crippen LogP contribution in [-0.2, 0) is 11.3 Å². The summed E-state index contributed by atoms with van der Waals surface area (Å²) in [4.78, 5) is 13.5. The van der Waals surface area contributed by atoms with Gasteiger partial charge in [-0.15, -0.1) is 0 Å². The van der Waals surface area contributed by atoms with Crippen molar-refractivity contribution in [1.29, 1.82) is 0 Å². The Bertz CT molecular complexity index is 383. The number of nitrogens with one attached hydrogen (secondary N) is 1. The number of hydrogen-bond donors (Lipinski definition) is 2. The number of amides is 1. The maximum atomic E-state index is 11.8. The lowest BCUT2D eigenvalue weighted by Gasteiger charge is -2.31. The number of carbonyl (C=O) groups is 1. The molecule has 1 aromatic carbocycles. The fourth-order valence-corrected chi connectivity index (χ4v) is 1.92. The predicted octanol–water partition coefficient (Wildman–Crippen LogP) is 0.589. The van der Waals surface area contributed by atoms with E-state index in [1.807, 2.05) is 30.3 Å². The Morgan fingerprint density at radius 2 is 2.22 bits per heavy atom. The molecule has 1 saturated heterocycles. The molecular weight excluding hydrogens is 232 g/mol. The van der Waals surface area contributed by atoms with Gasteiger partial charge in [-0.25, -0.2) is 4.79 Å². The fourth-order valence-electron chi connectivity index (χ4n) is 1.92. The van der Waals surface area contributed by atoms with Crippen molar-refractivity contribution in [3.05, 3.63) is 35.9 Å². The predicted molar refractivity (Wildman–Crippen MR) is 67.1 cm³/mol. The molecule has 0 saturated carbocycles. The van der Waals surface area contributed by atoms with Gasteiger partial charge in [0.05, 0.1) is 6.61 Å². The number of nitrogens with zero attached hydrogens (tertiary/aromatic N) is 1. The third-order valence-corrected chi connectivity index (χ3v) is 2.94. The second-order valence-electron chi connectivity index (χ2n) is 4.32. The molecule has 2 N–H and O–H groups in total. The van der Waals surface area contributed by atoms with E-state index in [1.54, 1.807) is 4.90 Å². The van der Waals surface area contributed by atoms with Crippen molar-refractivity contribution in [2.24, 2.45) is 0 Å². The van der Waals surface area contributed by atoms with E-state index in [-0.39, 0.29) is 25.3 Å². The Balaban J connectivity index is 1.81. The van der Waals surface area contributed by atoms with Crippen LogP contribution >= 0.6 is 0 Å². The molecule has 0 bridgehead atoms. The minimum atomic E-state index is -0.321. The van der Waals surface area contributed by atoms with Crippen molar-refractivity contribution in [1.82, 2.24) is 10.2 Å². The molecule has 1 heterocycles. The first kappa shape index (κ1) is 12.9. The molecule has 5 heteroatoms. The lowest BCUT2D eigenvalue weighted by Crippen LogP contribution is -2.54. The zero-order valence-corrected chi connectivity index (χ0v) is 10.2. The standard InChI is InChI=1S/C13H18N2O3/c16-9-12-8-15(7-6-14-12)13(17)18-10-11-4-2-1-3-5-11/h1-5,12,14,16H,6-10H2/t12-/m1/s1. The molecule has 0 radical (unpaired) electrons. The molecule has 5 nitrogen and oxygen atoms in total. The van der Waals surface area contributed by atoms with Crippen molar-refractivity contribution in [3.8, 4) is 0 Å².